The van der Waals surface area contributed by atoms with E-state index in [-0.39, 0.29) is 11.2 Å². The maximum Gasteiger partial charge on any atom is 0.492 e. The summed E-state index contributed by atoms with van der Waals surface area (Å²) in [5.41, 5.74) is 0.887. The minimum absolute atomic E-state index is 0.0656. The molecule has 0 aliphatic heterocycles. The molecule has 0 spiro atoms. The quantitative estimate of drug-likeness (QED) is 0.712. The highest BCUT2D eigenvalue weighted by Crippen LogP contribution is 2.11. The highest BCUT2D eigenvalue weighted by atomic mass is 19.3. The molecule has 15 heavy (non-hydrogen) atoms. The Hall–Kier alpha value is -1.14. The fourth-order valence-electron chi connectivity index (χ4n) is 1.15. The van der Waals surface area contributed by atoms with Gasteiger partial charge in [-0.15, -0.1) is 0 Å². The summed E-state index contributed by atoms with van der Waals surface area (Å²) in [5, 5.41) is 18.0. The van der Waals surface area contributed by atoms with Crippen LogP contribution in [-0.2, 0) is 0 Å². The summed E-state index contributed by atoms with van der Waals surface area (Å²) >= 11 is 0. The third-order valence-corrected chi connectivity index (χ3v) is 1.81. The van der Waals surface area contributed by atoms with Gasteiger partial charge in [0.05, 0.1) is 0 Å². The molecule has 1 aromatic rings. The average molecular weight is 216 g/mol. The average Bonchev–Trinajstić information content (AvgIpc) is 2.15. The number of halogens is 2. The fourth-order valence-corrected chi connectivity index (χ4v) is 1.15. The molecule has 0 aromatic heterocycles. The van der Waals surface area contributed by atoms with Crippen molar-refractivity contribution in [2.75, 3.05) is 6.61 Å². The highest BCUT2D eigenvalue weighted by Gasteiger charge is 2.18. The predicted octanol–water partition coefficient (Wildman–Crippen LogP) is 0.319. The molecule has 0 saturated carbocycles. The molecule has 3 nitrogen and oxygen atoms in total. The normalized spacial score (nSPS) is 10.5. The van der Waals surface area contributed by atoms with Gasteiger partial charge in [0.1, 0.15) is 12.4 Å². The number of aryl methyl sites for hydroxylation is 1. The van der Waals surface area contributed by atoms with Gasteiger partial charge < -0.3 is 14.8 Å². The molecule has 0 heterocycles. The second-order valence-corrected chi connectivity index (χ2v) is 3.12. The van der Waals surface area contributed by atoms with E-state index in [1.807, 2.05) is 0 Å². The van der Waals surface area contributed by atoms with Crippen molar-refractivity contribution in [3.63, 3.8) is 0 Å². The highest BCUT2D eigenvalue weighted by molar-refractivity contribution is 6.59. The number of rotatable bonds is 4. The molecular weight excluding hydrogens is 205 g/mol. The lowest BCUT2D eigenvalue weighted by atomic mass is 9.79. The Labute approximate surface area is 86.5 Å². The van der Waals surface area contributed by atoms with E-state index in [1.54, 1.807) is 13.0 Å². The van der Waals surface area contributed by atoms with Gasteiger partial charge in [-0.2, -0.15) is 0 Å². The van der Waals surface area contributed by atoms with Gasteiger partial charge in [-0.3, -0.25) is 0 Å². The molecule has 1 rings (SSSR count). The van der Waals surface area contributed by atoms with Gasteiger partial charge >= 0.3 is 7.12 Å². The number of benzene rings is 1. The Morgan fingerprint density at radius 1 is 1.40 bits per heavy atom. The SMILES string of the molecule is Cc1ccc(OCC(F)F)c(B(O)O)c1. The summed E-state index contributed by atoms with van der Waals surface area (Å²) in [7, 11) is -1.72. The van der Waals surface area contributed by atoms with Crippen LogP contribution in [0.3, 0.4) is 0 Å². The zero-order valence-electron chi connectivity index (χ0n) is 8.15. The Balaban J connectivity index is 2.86. The van der Waals surface area contributed by atoms with E-state index in [4.69, 9.17) is 14.8 Å². The predicted molar refractivity (Wildman–Crippen MR) is 52.5 cm³/mol. The van der Waals surface area contributed by atoms with E-state index in [0.717, 1.165) is 5.56 Å². The Kier molecular flexibility index (Phi) is 4.05. The van der Waals surface area contributed by atoms with Crippen LogP contribution < -0.4 is 10.2 Å². The topological polar surface area (TPSA) is 49.7 Å². The number of hydrogen-bond acceptors (Lipinski definition) is 3. The van der Waals surface area contributed by atoms with Crippen LogP contribution in [0.15, 0.2) is 18.2 Å². The zero-order valence-corrected chi connectivity index (χ0v) is 8.15. The van der Waals surface area contributed by atoms with Crippen LogP contribution >= 0.6 is 0 Å². The van der Waals surface area contributed by atoms with Gasteiger partial charge in [-0.25, -0.2) is 8.78 Å². The Morgan fingerprint density at radius 2 is 2.07 bits per heavy atom. The molecule has 0 radical (unpaired) electrons. The van der Waals surface area contributed by atoms with E-state index >= 15 is 0 Å². The molecule has 0 aliphatic rings. The second-order valence-electron chi connectivity index (χ2n) is 3.12. The molecule has 2 N–H and O–H groups in total. The van der Waals surface area contributed by atoms with Crippen LogP contribution in [0, 0.1) is 6.92 Å². The minimum Gasteiger partial charge on any atom is -0.488 e. The summed E-state index contributed by atoms with van der Waals surface area (Å²) in [6, 6.07) is 4.56. The molecule has 0 unspecified atom stereocenters. The number of ether oxygens (including phenoxy) is 1. The minimum atomic E-state index is -2.59. The maximum absolute atomic E-state index is 11.9. The lowest BCUT2D eigenvalue weighted by Crippen LogP contribution is -2.32. The molecule has 0 fully saturated rings. The number of alkyl halides is 2. The van der Waals surface area contributed by atoms with Crippen LogP contribution in [0.2, 0.25) is 0 Å². The van der Waals surface area contributed by atoms with Gasteiger partial charge in [0, 0.05) is 5.46 Å². The molecule has 0 atom stereocenters. The standard InChI is InChI=1S/C9H11BF2O3/c1-6-2-3-8(15-5-9(11)12)7(4-6)10(13)14/h2-4,9,13-14H,5H2,1H3. The van der Waals surface area contributed by atoms with Crippen molar-refractivity contribution in [3.8, 4) is 5.75 Å². The van der Waals surface area contributed by atoms with E-state index in [0.29, 0.717) is 0 Å². The van der Waals surface area contributed by atoms with E-state index < -0.39 is 20.2 Å². The summed E-state index contributed by atoms with van der Waals surface area (Å²) < 4.78 is 28.5. The van der Waals surface area contributed by atoms with Crippen molar-refractivity contribution >= 4 is 12.6 Å². The van der Waals surface area contributed by atoms with Crippen LogP contribution in [0.25, 0.3) is 0 Å². The molecule has 0 bridgehead atoms. The first-order chi connectivity index (χ1) is 7.00. The monoisotopic (exact) mass is 216 g/mol. The van der Waals surface area contributed by atoms with Crippen LogP contribution in [0.4, 0.5) is 8.78 Å². The van der Waals surface area contributed by atoms with E-state index in [2.05, 4.69) is 0 Å². The third kappa shape index (κ3) is 3.49. The van der Waals surface area contributed by atoms with E-state index in [1.165, 1.54) is 12.1 Å². The van der Waals surface area contributed by atoms with Gasteiger partial charge in [0.25, 0.3) is 6.43 Å². The lowest BCUT2D eigenvalue weighted by molar-refractivity contribution is 0.0822. The Bertz CT molecular complexity index is 331. The first-order valence-corrected chi connectivity index (χ1v) is 4.38. The second kappa shape index (κ2) is 5.09. The van der Waals surface area contributed by atoms with E-state index in [9.17, 15) is 8.78 Å². The first kappa shape index (κ1) is 11.9. The smallest absolute Gasteiger partial charge is 0.488 e. The van der Waals surface area contributed by atoms with Crippen LogP contribution in [0.5, 0.6) is 5.75 Å². The molecule has 0 saturated heterocycles. The molecule has 0 amide bonds. The van der Waals surface area contributed by atoms with Crippen molar-refractivity contribution in [3.05, 3.63) is 23.8 Å². The summed E-state index contributed by atoms with van der Waals surface area (Å²) in [6.45, 7) is 0.992. The molecule has 0 aliphatic carbocycles. The number of hydrogen-bond donors (Lipinski definition) is 2. The zero-order chi connectivity index (χ0) is 11.4. The van der Waals surface area contributed by atoms with Gasteiger partial charge in [-0.1, -0.05) is 17.7 Å². The van der Waals surface area contributed by atoms with Crippen LogP contribution in [0.1, 0.15) is 5.56 Å². The summed E-state index contributed by atoms with van der Waals surface area (Å²) in [5.74, 6) is 0.0656. The largest absolute Gasteiger partial charge is 0.492 e. The Morgan fingerprint density at radius 3 is 2.60 bits per heavy atom. The lowest BCUT2D eigenvalue weighted by Gasteiger charge is -2.11. The fraction of sp³-hybridized carbons (Fsp3) is 0.333. The molecule has 1 aromatic carbocycles. The van der Waals surface area contributed by atoms with Gasteiger partial charge in [0.2, 0.25) is 0 Å². The van der Waals surface area contributed by atoms with Gasteiger partial charge in [0.15, 0.2) is 0 Å². The van der Waals surface area contributed by atoms with Crippen molar-refractivity contribution < 1.29 is 23.6 Å². The first-order valence-electron chi connectivity index (χ1n) is 4.38. The molecular formula is C9H11BF2O3. The third-order valence-electron chi connectivity index (χ3n) is 1.81. The molecule has 82 valence electrons. The molecule has 6 heteroatoms. The van der Waals surface area contributed by atoms with Crippen molar-refractivity contribution in [2.45, 2.75) is 13.3 Å². The van der Waals surface area contributed by atoms with Crippen molar-refractivity contribution in [2.24, 2.45) is 0 Å². The van der Waals surface area contributed by atoms with Crippen molar-refractivity contribution in [1.82, 2.24) is 0 Å². The summed E-state index contributed by atoms with van der Waals surface area (Å²) in [6.07, 6.45) is -2.59. The summed E-state index contributed by atoms with van der Waals surface area (Å²) in [4.78, 5) is 0. The van der Waals surface area contributed by atoms with Crippen LogP contribution in [-0.4, -0.2) is 30.2 Å². The van der Waals surface area contributed by atoms with Crippen molar-refractivity contribution in [1.29, 1.82) is 0 Å². The van der Waals surface area contributed by atoms with Gasteiger partial charge in [-0.05, 0) is 13.0 Å². The maximum atomic E-state index is 11.9.